The van der Waals surface area contributed by atoms with Crippen molar-refractivity contribution in [1.29, 1.82) is 0 Å². The second-order valence-corrected chi connectivity index (χ2v) is 8.01. The van der Waals surface area contributed by atoms with Gasteiger partial charge in [-0.25, -0.2) is 4.99 Å². The Hall–Kier alpha value is -2.59. The molecule has 2 aliphatic heterocycles. The third-order valence-electron chi connectivity index (χ3n) is 5.35. The Balaban J connectivity index is 1.66. The molecule has 1 aliphatic carbocycles. The zero-order valence-corrected chi connectivity index (χ0v) is 15.8. The summed E-state index contributed by atoms with van der Waals surface area (Å²) in [5, 5.41) is 0.855. The molecular formula is C23H20N2OS. The average molecular weight is 372 g/mol. The maximum absolute atomic E-state index is 12.6. The predicted molar refractivity (Wildman–Crippen MR) is 111 cm³/mol. The summed E-state index contributed by atoms with van der Waals surface area (Å²) in [4.78, 5) is 19.5. The van der Waals surface area contributed by atoms with Gasteiger partial charge in [0, 0.05) is 0 Å². The molecule has 0 unspecified atom stereocenters. The number of amides is 1. The Bertz CT molecular complexity index is 976. The number of rotatable bonds is 2. The van der Waals surface area contributed by atoms with E-state index >= 15 is 0 Å². The lowest BCUT2D eigenvalue weighted by Crippen LogP contribution is -2.38. The van der Waals surface area contributed by atoms with Crippen molar-refractivity contribution in [3.05, 3.63) is 88.6 Å². The minimum Gasteiger partial charge on any atom is -0.279 e. The summed E-state index contributed by atoms with van der Waals surface area (Å²) in [5.41, 5.74) is 6.06. The van der Waals surface area contributed by atoms with Crippen molar-refractivity contribution >= 4 is 28.9 Å². The maximum Gasteiger partial charge on any atom is 0.239 e. The van der Waals surface area contributed by atoms with Crippen LogP contribution in [0.2, 0.25) is 0 Å². The summed E-state index contributed by atoms with van der Waals surface area (Å²) in [6.45, 7) is 0. The van der Waals surface area contributed by atoms with Gasteiger partial charge in [-0.1, -0.05) is 72.4 Å². The Labute approximate surface area is 163 Å². The third kappa shape index (κ3) is 2.94. The summed E-state index contributed by atoms with van der Waals surface area (Å²) in [6, 6.07) is 20.8. The van der Waals surface area contributed by atoms with Crippen molar-refractivity contribution in [3.63, 3.8) is 0 Å². The molecule has 134 valence electrons. The van der Waals surface area contributed by atoms with Crippen LogP contribution in [-0.4, -0.2) is 21.7 Å². The van der Waals surface area contributed by atoms with E-state index in [2.05, 4.69) is 54.6 Å². The number of carbonyl (C=O) groups excluding carboxylic acids is 1. The van der Waals surface area contributed by atoms with Gasteiger partial charge in [0.2, 0.25) is 5.91 Å². The fourth-order valence-electron chi connectivity index (χ4n) is 4.16. The molecule has 0 radical (unpaired) electrons. The van der Waals surface area contributed by atoms with Crippen LogP contribution < -0.4 is 0 Å². The number of benzene rings is 2. The molecule has 4 heteroatoms. The van der Waals surface area contributed by atoms with Crippen LogP contribution >= 0.6 is 11.8 Å². The number of fused-ring (bicyclic) bond motifs is 1. The molecule has 27 heavy (non-hydrogen) atoms. The third-order valence-corrected chi connectivity index (χ3v) is 6.29. The fraction of sp³-hybridized carbons (Fsp3) is 0.217. The highest BCUT2D eigenvalue weighted by atomic mass is 32.2. The van der Waals surface area contributed by atoms with Crippen molar-refractivity contribution in [2.24, 2.45) is 4.99 Å². The van der Waals surface area contributed by atoms with Gasteiger partial charge in [0.15, 0.2) is 5.17 Å². The molecule has 2 aromatic carbocycles. The van der Waals surface area contributed by atoms with E-state index in [0.29, 0.717) is 5.75 Å². The normalized spacial score (nSPS) is 23.3. The lowest BCUT2D eigenvalue weighted by Gasteiger charge is -2.37. The number of hydrogen-bond donors (Lipinski definition) is 0. The summed E-state index contributed by atoms with van der Waals surface area (Å²) < 4.78 is 0. The minimum atomic E-state index is -0.0179. The summed E-state index contributed by atoms with van der Waals surface area (Å²) in [6.07, 6.45) is 5.38. The van der Waals surface area contributed by atoms with Crippen LogP contribution in [0.4, 0.5) is 0 Å². The van der Waals surface area contributed by atoms with Crippen LogP contribution in [0.5, 0.6) is 0 Å². The van der Waals surface area contributed by atoms with Crippen LogP contribution in [0.25, 0.3) is 6.08 Å². The molecule has 0 saturated carbocycles. The number of carbonyl (C=O) groups is 1. The van der Waals surface area contributed by atoms with E-state index in [1.807, 2.05) is 17.0 Å². The highest BCUT2D eigenvalue weighted by Crippen LogP contribution is 2.47. The molecule has 0 spiro atoms. The monoisotopic (exact) mass is 372 g/mol. The first kappa shape index (κ1) is 16.6. The maximum atomic E-state index is 12.6. The minimum absolute atomic E-state index is 0.0179. The second kappa shape index (κ2) is 6.86. The number of amidine groups is 1. The molecule has 2 aromatic rings. The summed E-state index contributed by atoms with van der Waals surface area (Å²) in [5.74, 6) is 0.652. The zero-order valence-electron chi connectivity index (χ0n) is 15.0. The summed E-state index contributed by atoms with van der Waals surface area (Å²) >= 11 is 1.56. The van der Waals surface area contributed by atoms with E-state index in [-0.39, 0.29) is 11.9 Å². The van der Waals surface area contributed by atoms with Crippen LogP contribution in [0, 0.1) is 0 Å². The average Bonchev–Trinajstić information content (AvgIpc) is 3.09. The standard InChI is InChI=1S/C23H20N2OS/c26-20-15-27-23-24-21-18(14-16-8-3-1-4-9-16)12-7-13-19(21)22(25(20)23)17-10-5-2-6-11-17/h1-6,8-11,14,22H,7,12-13,15H2/b18-14-/t22-/m1/s1. The zero-order chi connectivity index (χ0) is 18.2. The van der Waals surface area contributed by atoms with Crippen molar-refractivity contribution in [2.75, 3.05) is 5.75 Å². The van der Waals surface area contributed by atoms with Gasteiger partial charge in [0.05, 0.1) is 17.5 Å². The number of nitrogens with zero attached hydrogens (tertiary/aromatic N) is 2. The van der Waals surface area contributed by atoms with Gasteiger partial charge in [-0.05, 0) is 47.6 Å². The topological polar surface area (TPSA) is 32.7 Å². The highest BCUT2D eigenvalue weighted by Gasteiger charge is 2.42. The molecule has 0 aromatic heterocycles. The molecule has 0 bridgehead atoms. The molecule has 0 N–H and O–H groups in total. The molecule has 3 nitrogen and oxygen atoms in total. The SMILES string of the molecule is O=C1CSC2=NC3=C(CCC/C3=C/c3ccccc3)[C@@H](c3ccccc3)N12. The van der Waals surface area contributed by atoms with Crippen molar-refractivity contribution in [3.8, 4) is 0 Å². The predicted octanol–water partition coefficient (Wildman–Crippen LogP) is 5.19. The molecule has 1 atom stereocenters. The lowest BCUT2D eigenvalue weighted by molar-refractivity contribution is -0.125. The number of allylic oxidation sites excluding steroid dienone is 1. The van der Waals surface area contributed by atoms with Crippen LogP contribution in [-0.2, 0) is 4.79 Å². The Morgan fingerprint density at radius 1 is 1.00 bits per heavy atom. The Kier molecular flexibility index (Phi) is 4.21. The highest BCUT2D eigenvalue weighted by molar-refractivity contribution is 8.15. The molecule has 1 amide bonds. The van der Waals surface area contributed by atoms with Crippen molar-refractivity contribution < 1.29 is 4.79 Å². The first-order chi connectivity index (χ1) is 13.3. The Morgan fingerprint density at radius 2 is 1.74 bits per heavy atom. The fourth-order valence-corrected chi connectivity index (χ4v) is 5.06. The largest absolute Gasteiger partial charge is 0.279 e. The van der Waals surface area contributed by atoms with Gasteiger partial charge in [-0.3, -0.25) is 9.69 Å². The first-order valence-corrected chi connectivity index (χ1v) is 10.4. The van der Waals surface area contributed by atoms with Crippen LogP contribution in [0.1, 0.15) is 36.4 Å². The van der Waals surface area contributed by atoms with E-state index in [1.165, 1.54) is 22.3 Å². The van der Waals surface area contributed by atoms with Crippen molar-refractivity contribution in [2.45, 2.75) is 25.3 Å². The number of hydrogen-bond acceptors (Lipinski definition) is 3. The van der Waals surface area contributed by atoms with Crippen molar-refractivity contribution in [1.82, 2.24) is 4.90 Å². The van der Waals surface area contributed by atoms with Gasteiger partial charge >= 0.3 is 0 Å². The molecule has 1 saturated heterocycles. The Morgan fingerprint density at radius 3 is 2.52 bits per heavy atom. The number of aliphatic imine (C=N–C) groups is 1. The van der Waals surface area contributed by atoms with Gasteiger partial charge in [-0.15, -0.1) is 0 Å². The van der Waals surface area contributed by atoms with E-state index in [0.717, 1.165) is 30.1 Å². The number of thioether (sulfide) groups is 1. The van der Waals surface area contributed by atoms with E-state index in [1.54, 1.807) is 11.8 Å². The van der Waals surface area contributed by atoms with Crippen LogP contribution in [0.3, 0.4) is 0 Å². The van der Waals surface area contributed by atoms with E-state index < -0.39 is 0 Å². The first-order valence-electron chi connectivity index (χ1n) is 9.39. The quantitative estimate of drug-likeness (QED) is 0.726. The molecule has 2 heterocycles. The van der Waals surface area contributed by atoms with Gasteiger partial charge < -0.3 is 0 Å². The molecular weight excluding hydrogens is 352 g/mol. The second-order valence-electron chi connectivity index (χ2n) is 7.07. The van der Waals surface area contributed by atoms with Gasteiger partial charge in [0.1, 0.15) is 0 Å². The van der Waals surface area contributed by atoms with Gasteiger partial charge in [0.25, 0.3) is 0 Å². The van der Waals surface area contributed by atoms with E-state index in [9.17, 15) is 4.79 Å². The smallest absolute Gasteiger partial charge is 0.239 e. The summed E-state index contributed by atoms with van der Waals surface area (Å²) in [7, 11) is 0. The van der Waals surface area contributed by atoms with E-state index in [4.69, 9.17) is 4.99 Å². The van der Waals surface area contributed by atoms with Crippen LogP contribution in [0.15, 0.2) is 82.5 Å². The molecule has 5 rings (SSSR count). The lowest BCUT2D eigenvalue weighted by atomic mass is 9.83. The molecule has 1 fully saturated rings. The molecule has 3 aliphatic rings. The van der Waals surface area contributed by atoms with Gasteiger partial charge in [-0.2, -0.15) is 0 Å².